The van der Waals surface area contributed by atoms with E-state index in [1.54, 1.807) is 0 Å². The first-order valence-electron chi connectivity index (χ1n) is 5.55. The summed E-state index contributed by atoms with van der Waals surface area (Å²) < 4.78 is 10.1. The van der Waals surface area contributed by atoms with Crippen LogP contribution in [-0.2, 0) is 6.61 Å². The molecule has 0 spiro atoms. The summed E-state index contributed by atoms with van der Waals surface area (Å²) in [6, 6.07) is 6.80. The van der Waals surface area contributed by atoms with Gasteiger partial charge in [-0.25, -0.2) is 0 Å². The second-order valence-electron chi connectivity index (χ2n) is 3.81. The van der Waals surface area contributed by atoms with E-state index in [-0.39, 0.29) is 23.8 Å². The maximum atomic E-state index is 11.5. The average molecular weight is 275 g/mol. The van der Waals surface area contributed by atoms with Gasteiger partial charge in [0.05, 0.1) is 11.2 Å². The summed E-state index contributed by atoms with van der Waals surface area (Å²) in [6.07, 6.45) is 1.48. The lowest BCUT2D eigenvalue weighted by Gasteiger charge is -2.06. The summed E-state index contributed by atoms with van der Waals surface area (Å²) in [5.41, 5.74) is 0.109. The van der Waals surface area contributed by atoms with Gasteiger partial charge in [-0.3, -0.25) is 19.7 Å². The maximum absolute atomic E-state index is 11.5. The number of hydrogen-bond donors (Lipinski definition) is 0. The fourth-order valence-corrected chi connectivity index (χ4v) is 1.51. The number of carbonyl (C=O) groups excluding carboxylic acids is 1. The number of ether oxygens (including phenoxy) is 1. The number of benzene rings is 1. The minimum absolute atomic E-state index is 0.00634. The number of hydrogen-bond acceptors (Lipinski definition) is 6. The van der Waals surface area contributed by atoms with Gasteiger partial charge >= 0.3 is 0 Å². The number of rotatable bonds is 5. The molecule has 0 aliphatic rings. The van der Waals surface area contributed by atoms with E-state index < -0.39 is 10.4 Å². The Kier molecular flexibility index (Phi) is 3.90. The quantitative estimate of drug-likeness (QED) is 0.469. The molecule has 2 aromatic rings. The van der Waals surface area contributed by atoms with Crippen LogP contribution in [0.1, 0.15) is 16.1 Å². The summed E-state index contributed by atoms with van der Waals surface area (Å²) in [7, 11) is 0. The van der Waals surface area contributed by atoms with Gasteiger partial charge < -0.3 is 9.15 Å². The number of carbonyl (C=O) groups is 1. The van der Waals surface area contributed by atoms with Gasteiger partial charge in [0, 0.05) is 18.2 Å². The van der Waals surface area contributed by atoms with E-state index >= 15 is 0 Å². The Morgan fingerprint density at radius 2 is 1.95 bits per heavy atom. The summed E-state index contributed by atoms with van der Waals surface area (Å²) >= 11 is 0. The van der Waals surface area contributed by atoms with Gasteiger partial charge in [0.1, 0.15) is 6.61 Å². The van der Waals surface area contributed by atoms with E-state index in [1.807, 2.05) is 0 Å². The number of aldehydes is 1. The molecule has 2 rings (SSSR count). The molecule has 7 heteroatoms. The number of nitro benzene ring substituents is 1. The van der Waals surface area contributed by atoms with Gasteiger partial charge in [0.25, 0.3) is 5.69 Å². The molecule has 1 aromatic carbocycles. The van der Waals surface area contributed by atoms with Crippen molar-refractivity contribution >= 4 is 12.0 Å². The molecule has 0 fully saturated rings. The topological polar surface area (TPSA) is 99.7 Å². The summed E-state index contributed by atoms with van der Waals surface area (Å²) in [5, 5.41) is 10.5. The molecule has 0 saturated heterocycles. The minimum Gasteiger partial charge on any atom is -0.481 e. The second kappa shape index (κ2) is 5.79. The van der Waals surface area contributed by atoms with Crippen LogP contribution in [0.25, 0.3) is 0 Å². The maximum Gasteiger partial charge on any atom is 0.269 e. The predicted octanol–water partition coefficient (Wildman–Crippen LogP) is 1.94. The molecule has 0 aliphatic heterocycles. The number of nitrogens with zero attached hydrogens (tertiary/aromatic N) is 1. The Morgan fingerprint density at radius 1 is 1.25 bits per heavy atom. The lowest BCUT2D eigenvalue weighted by atomic mass is 10.2. The highest BCUT2D eigenvalue weighted by atomic mass is 16.6. The Balaban J connectivity index is 2.15. The van der Waals surface area contributed by atoms with E-state index in [0.29, 0.717) is 11.8 Å². The van der Waals surface area contributed by atoms with Crippen LogP contribution in [0.15, 0.2) is 45.8 Å². The van der Waals surface area contributed by atoms with Crippen LogP contribution < -0.4 is 10.2 Å². The third kappa shape index (κ3) is 2.89. The fraction of sp³-hybridized carbons (Fsp3) is 0.0769. The van der Waals surface area contributed by atoms with Crippen molar-refractivity contribution in [1.29, 1.82) is 0 Å². The van der Waals surface area contributed by atoms with E-state index in [9.17, 15) is 19.7 Å². The number of non-ortho nitro benzene ring substituents is 1. The highest BCUT2D eigenvalue weighted by molar-refractivity contribution is 5.74. The van der Waals surface area contributed by atoms with Crippen molar-refractivity contribution in [2.24, 2.45) is 0 Å². The van der Waals surface area contributed by atoms with E-state index in [0.717, 1.165) is 12.3 Å². The first-order valence-corrected chi connectivity index (χ1v) is 5.55. The number of nitro groups is 1. The summed E-state index contributed by atoms with van der Waals surface area (Å²) in [5.74, 6) is -0.375. The van der Waals surface area contributed by atoms with Crippen LogP contribution in [0.4, 0.5) is 5.69 Å². The smallest absolute Gasteiger partial charge is 0.269 e. The molecular weight excluding hydrogens is 266 g/mol. The lowest BCUT2D eigenvalue weighted by Crippen LogP contribution is -2.09. The zero-order chi connectivity index (χ0) is 14.5. The fourth-order valence-electron chi connectivity index (χ4n) is 1.51. The molecular formula is C13H9NO6. The molecule has 0 atom stereocenters. The van der Waals surface area contributed by atoms with Crippen molar-refractivity contribution in [2.45, 2.75) is 6.61 Å². The van der Waals surface area contributed by atoms with Gasteiger partial charge in [-0.15, -0.1) is 0 Å². The van der Waals surface area contributed by atoms with Gasteiger partial charge in [0.2, 0.25) is 16.9 Å². The highest BCUT2D eigenvalue weighted by Gasteiger charge is 2.10. The molecule has 1 aromatic heterocycles. The predicted molar refractivity (Wildman–Crippen MR) is 67.8 cm³/mol. The van der Waals surface area contributed by atoms with Crippen LogP contribution in [-0.4, -0.2) is 11.2 Å². The minimum atomic E-state index is -0.513. The molecule has 0 amide bonds. The van der Waals surface area contributed by atoms with Crippen molar-refractivity contribution in [1.82, 2.24) is 0 Å². The molecule has 0 N–H and O–H groups in total. The zero-order valence-electron chi connectivity index (χ0n) is 10.1. The largest absolute Gasteiger partial charge is 0.481 e. The van der Waals surface area contributed by atoms with Crippen LogP contribution in [0.5, 0.6) is 5.75 Å². The van der Waals surface area contributed by atoms with E-state index in [2.05, 4.69) is 0 Å². The third-order valence-electron chi connectivity index (χ3n) is 2.50. The van der Waals surface area contributed by atoms with Gasteiger partial charge in [0.15, 0.2) is 6.29 Å². The standard InChI is InChI=1S/C13H9NO6/c15-7-12-13(11(16)5-6-19-12)20-8-9-1-3-10(4-2-9)14(17)18/h1-7H,8H2. The Hall–Kier alpha value is -2.96. The normalized spacial score (nSPS) is 10.0. The Bertz CT molecular complexity index is 689. The second-order valence-corrected chi connectivity index (χ2v) is 3.81. The van der Waals surface area contributed by atoms with Crippen LogP contribution in [0.2, 0.25) is 0 Å². The zero-order valence-corrected chi connectivity index (χ0v) is 10.1. The van der Waals surface area contributed by atoms with Crippen molar-refractivity contribution in [2.75, 3.05) is 0 Å². The summed E-state index contributed by atoms with van der Waals surface area (Å²) in [4.78, 5) is 32.2. The molecule has 102 valence electrons. The molecule has 0 bridgehead atoms. The lowest BCUT2D eigenvalue weighted by molar-refractivity contribution is -0.384. The Morgan fingerprint density at radius 3 is 2.55 bits per heavy atom. The van der Waals surface area contributed by atoms with Crippen LogP contribution >= 0.6 is 0 Å². The van der Waals surface area contributed by atoms with Gasteiger partial charge in [-0.05, 0) is 17.7 Å². The molecule has 0 radical (unpaired) electrons. The van der Waals surface area contributed by atoms with Crippen molar-refractivity contribution in [3.05, 3.63) is 68.3 Å². The van der Waals surface area contributed by atoms with E-state index in [1.165, 1.54) is 24.3 Å². The molecule has 7 nitrogen and oxygen atoms in total. The summed E-state index contributed by atoms with van der Waals surface area (Å²) in [6.45, 7) is -0.00634. The molecule has 20 heavy (non-hydrogen) atoms. The molecule has 0 unspecified atom stereocenters. The van der Waals surface area contributed by atoms with Crippen molar-refractivity contribution in [3.8, 4) is 5.75 Å². The SMILES string of the molecule is O=Cc1occc(=O)c1OCc1ccc([N+](=O)[O-])cc1. The monoisotopic (exact) mass is 275 g/mol. The first-order chi connectivity index (χ1) is 9.61. The molecule has 1 heterocycles. The van der Waals surface area contributed by atoms with Crippen molar-refractivity contribution < 1.29 is 18.9 Å². The first kappa shape index (κ1) is 13.5. The molecule has 0 saturated carbocycles. The average Bonchev–Trinajstić information content (AvgIpc) is 2.46. The van der Waals surface area contributed by atoms with Gasteiger partial charge in [-0.2, -0.15) is 0 Å². The van der Waals surface area contributed by atoms with Gasteiger partial charge in [-0.1, -0.05) is 0 Å². The van der Waals surface area contributed by atoms with Crippen LogP contribution in [0.3, 0.4) is 0 Å². The third-order valence-corrected chi connectivity index (χ3v) is 2.50. The van der Waals surface area contributed by atoms with Crippen LogP contribution in [0, 0.1) is 10.1 Å². The highest BCUT2D eigenvalue weighted by Crippen LogP contribution is 2.15. The van der Waals surface area contributed by atoms with Crippen molar-refractivity contribution in [3.63, 3.8) is 0 Å². The molecule has 0 aliphatic carbocycles. The Labute approximate surface area is 112 Å². The van der Waals surface area contributed by atoms with E-state index in [4.69, 9.17) is 9.15 Å².